The van der Waals surface area contributed by atoms with Crippen LogP contribution in [-0.4, -0.2) is 37.1 Å². The largest absolute Gasteiger partial charge is 0.353 e. The lowest BCUT2D eigenvalue weighted by molar-refractivity contribution is -0.122. The zero-order valence-corrected chi connectivity index (χ0v) is 15.3. The molecular formula is C17H24N2O4S. The Bertz CT molecular complexity index is 733. The minimum absolute atomic E-state index is 0.0117. The van der Waals surface area contributed by atoms with Crippen LogP contribution in [0, 0.1) is 11.8 Å². The summed E-state index contributed by atoms with van der Waals surface area (Å²) in [4.78, 5) is 24.5. The molecule has 132 valence electrons. The molecule has 1 heterocycles. The molecule has 0 fully saturated rings. The third kappa shape index (κ3) is 3.45. The molecule has 6 nitrogen and oxygen atoms in total. The van der Waals surface area contributed by atoms with Crippen LogP contribution < -0.4 is 5.32 Å². The molecule has 2 rings (SSSR count). The van der Waals surface area contributed by atoms with Gasteiger partial charge in [0.15, 0.2) is 0 Å². The van der Waals surface area contributed by atoms with Crippen LogP contribution in [-0.2, 0) is 14.8 Å². The number of nitrogens with one attached hydrogen (secondary N) is 1. The summed E-state index contributed by atoms with van der Waals surface area (Å²) in [6.45, 7) is 7.95. The van der Waals surface area contributed by atoms with E-state index in [0.717, 1.165) is 4.31 Å². The summed E-state index contributed by atoms with van der Waals surface area (Å²) in [5.74, 6) is -0.269. The van der Waals surface area contributed by atoms with Crippen molar-refractivity contribution in [2.24, 2.45) is 11.8 Å². The minimum atomic E-state index is -3.85. The van der Waals surface area contributed by atoms with E-state index in [4.69, 9.17) is 0 Å². The average Bonchev–Trinajstić information content (AvgIpc) is 2.70. The molecular weight excluding hydrogens is 328 g/mol. The summed E-state index contributed by atoms with van der Waals surface area (Å²) >= 11 is 0. The maximum atomic E-state index is 12.4. The number of carbonyl (C=O) groups is 2. The number of benzene rings is 1. The lowest BCUT2D eigenvalue weighted by Crippen LogP contribution is -2.43. The second-order valence-electron chi connectivity index (χ2n) is 6.71. The van der Waals surface area contributed by atoms with Crippen LogP contribution >= 0.6 is 0 Å². The van der Waals surface area contributed by atoms with Gasteiger partial charge in [-0.25, -0.2) is 12.7 Å². The highest BCUT2D eigenvalue weighted by Gasteiger charge is 2.40. The number of carbonyl (C=O) groups excluding carboxylic acids is 2. The van der Waals surface area contributed by atoms with E-state index >= 15 is 0 Å². The molecule has 0 bridgehead atoms. The highest BCUT2D eigenvalue weighted by atomic mass is 32.2. The molecule has 1 aromatic rings. The fourth-order valence-electron chi connectivity index (χ4n) is 3.02. The molecule has 7 heteroatoms. The molecule has 0 unspecified atom stereocenters. The van der Waals surface area contributed by atoms with Gasteiger partial charge < -0.3 is 5.32 Å². The molecule has 1 N–H and O–H groups in total. The van der Waals surface area contributed by atoms with Gasteiger partial charge in [0, 0.05) is 19.0 Å². The standard InChI is InChI=1S/C17H24N2O4S/c1-11(2)16(12(3)4)18-15(20)9-10-19-17(21)13-7-5-6-8-14(13)24(19,22)23/h5-8,11-12,16H,9-10H2,1-4H3,(H,18,20). The van der Waals surface area contributed by atoms with Crippen molar-refractivity contribution in [2.45, 2.75) is 45.1 Å². The Morgan fingerprint density at radius 2 is 1.71 bits per heavy atom. The Morgan fingerprint density at radius 1 is 1.12 bits per heavy atom. The maximum Gasteiger partial charge on any atom is 0.269 e. The van der Waals surface area contributed by atoms with Crippen LogP contribution in [0.3, 0.4) is 0 Å². The molecule has 1 aliphatic heterocycles. The molecule has 1 aliphatic rings. The molecule has 0 radical (unpaired) electrons. The lowest BCUT2D eigenvalue weighted by atomic mass is 9.93. The van der Waals surface area contributed by atoms with Gasteiger partial charge in [-0.05, 0) is 24.0 Å². The van der Waals surface area contributed by atoms with E-state index in [1.807, 2.05) is 27.7 Å². The summed E-state index contributed by atoms with van der Waals surface area (Å²) in [7, 11) is -3.85. The first-order chi connectivity index (χ1) is 11.2. The molecule has 0 aromatic heterocycles. The van der Waals surface area contributed by atoms with Crippen molar-refractivity contribution in [3.05, 3.63) is 29.8 Å². The molecule has 1 aromatic carbocycles. The summed E-state index contributed by atoms with van der Waals surface area (Å²) in [6, 6.07) is 6.12. The van der Waals surface area contributed by atoms with Gasteiger partial charge in [-0.2, -0.15) is 0 Å². The second kappa shape index (κ2) is 6.93. The number of fused-ring (bicyclic) bond motifs is 1. The Hall–Kier alpha value is -1.89. The normalized spacial score (nSPS) is 16.1. The summed E-state index contributed by atoms with van der Waals surface area (Å²) < 4.78 is 25.6. The second-order valence-corrected chi connectivity index (χ2v) is 8.54. The van der Waals surface area contributed by atoms with Gasteiger partial charge >= 0.3 is 0 Å². The van der Waals surface area contributed by atoms with E-state index in [9.17, 15) is 18.0 Å². The zero-order valence-electron chi connectivity index (χ0n) is 14.4. The number of nitrogens with zero attached hydrogens (tertiary/aromatic N) is 1. The van der Waals surface area contributed by atoms with E-state index in [1.165, 1.54) is 12.1 Å². The van der Waals surface area contributed by atoms with Crippen LogP contribution in [0.1, 0.15) is 44.5 Å². The van der Waals surface area contributed by atoms with Crippen LogP contribution in [0.15, 0.2) is 29.2 Å². The fraction of sp³-hybridized carbons (Fsp3) is 0.529. The highest BCUT2D eigenvalue weighted by molar-refractivity contribution is 7.90. The molecule has 0 spiro atoms. The van der Waals surface area contributed by atoms with Gasteiger partial charge in [-0.3, -0.25) is 9.59 Å². The average molecular weight is 352 g/mol. The van der Waals surface area contributed by atoms with Gasteiger partial charge in [-0.15, -0.1) is 0 Å². The number of amides is 2. The Labute approximate surface area is 143 Å². The Kier molecular flexibility index (Phi) is 5.32. The number of hydrogen-bond donors (Lipinski definition) is 1. The van der Waals surface area contributed by atoms with E-state index in [1.54, 1.807) is 12.1 Å². The van der Waals surface area contributed by atoms with Gasteiger partial charge in [0.05, 0.1) is 5.56 Å². The van der Waals surface area contributed by atoms with Gasteiger partial charge in [0.2, 0.25) is 5.91 Å². The summed E-state index contributed by atoms with van der Waals surface area (Å²) in [5, 5.41) is 2.93. The predicted molar refractivity (Wildman–Crippen MR) is 90.9 cm³/mol. The van der Waals surface area contributed by atoms with Crippen LogP contribution in [0.5, 0.6) is 0 Å². The first-order valence-corrected chi connectivity index (χ1v) is 9.55. The highest BCUT2D eigenvalue weighted by Crippen LogP contribution is 2.29. The minimum Gasteiger partial charge on any atom is -0.353 e. The molecule has 0 saturated heterocycles. The number of rotatable bonds is 6. The quantitative estimate of drug-likeness (QED) is 0.849. The third-order valence-electron chi connectivity index (χ3n) is 4.22. The van der Waals surface area contributed by atoms with E-state index in [2.05, 4.69) is 5.32 Å². The van der Waals surface area contributed by atoms with Crippen LogP contribution in [0.2, 0.25) is 0 Å². The molecule has 0 aliphatic carbocycles. The first-order valence-electron chi connectivity index (χ1n) is 8.11. The van der Waals surface area contributed by atoms with E-state index < -0.39 is 15.9 Å². The zero-order chi connectivity index (χ0) is 18.1. The Morgan fingerprint density at radius 3 is 2.25 bits per heavy atom. The lowest BCUT2D eigenvalue weighted by Gasteiger charge is -2.26. The smallest absolute Gasteiger partial charge is 0.269 e. The van der Waals surface area contributed by atoms with E-state index in [-0.39, 0.29) is 47.2 Å². The van der Waals surface area contributed by atoms with Crippen molar-refractivity contribution in [1.82, 2.24) is 9.62 Å². The first kappa shape index (κ1) is 18.4. The van der Waals surface area contributed by atoms with Gasteiger partial charge in [-0.1, -0.05) is 39.8 Å². The SMILES string of the molecule is CC(C)C(NC(=O)CCN1C(=O)c2ccccc2S1(=O)=O)C(C)C. The van der Waals surface area contributed by atoms with Crippen molar-refractivity contribution in [3.8, 4) is 0 Å². The molecule has 2 amide bonds. The van der Waals surface area contributed by atoms with Gasteiger partial charge in [0.1, 0.15) is 4.90 Å². The Balaban J connectivity index is 2.05. The van der Waals surface area contributed by atoms with Crippen molar-refractivity contribution in [2.75, 3.05) is 6.54 Å². The monoisotopic (exact) mass is 352 g/mol. The van der Waals surface area contributed by atoms with Crippen molar-refractivity contribution in [3.63, 3.8) is 0 Å². The predicted octanol–water partition coefficient (Wildman–Crippen LogP) is 2.02. The maximum absolute atomic E-state index is 12.4. The van der Waals surface area contributed by atoms with E-state index in [0.29, 0.717) is 0 Å². The molecule has 24 heavy (non-hydrogen) atoms. The summed E-state index contributed by atoms with van der Waals surface area (Å²) in [5.41, 5.74) is 0.167. The molecule has 0 saturated carbocycles. The van der Waals surface area contributed by atoms with Crippen molar-refractivity contribution < 1.29 is 18.0 Å². The van der Waals surface area contributed by atoms with Crippen LogP contribution in [0.4, 0.5) is 0 Å². The van der Waals surface area contributed by atoms with Gasteiger partial charge in [0.25, 0.3) is 15.9 Å². The van der Waals surface area contributed by atoms with Crippen molar-refractivity contribution in [1.29, 1.82) is 0 Å². The van der Waals surface area contributed by atoms with Crippen molar-refractivity contribution >= 4 is 21.8 Å². The topological polar surface area (TPSA) is 83.6 Å². The number of sulfonamides is 1. The fourth-order valence-corrected chi connectivity index (χ4v) is 4.59. The third-order valence-corrected chi connectivity index (χ3v) is 6.06. The van der Waals surface area contributed by atoms with Crippen LogP contribution in [0.25, 0.3) is 0 Å². The summed E-state index contributed by atoms with van der Waals surface area (Å²) in [6.07, 6.45) is -0.0467. The molecule has 0 atom stereocenters. The number of hydrogen-bond acceptors (Lipinski definition) is 4.